The van der Waals surface area contributed by atoms with Gasteiger partial charge in [-0.25, -0.2) is 12.4 Å². The number of aromatic nitrogens is 1. The van der Waals surface area contributed by atoms with Crippen LogP contribution >= 0.6 is 23.2 Å². The highest BCUT2D eigenvalue weighted by Gasteiger charge is 2.33. The van der Waals surface area contributed by atoms with Crippen molar-refractivity contribution in [2.75, 3.05) is 7.11 Å². The van der Waals surface area contributed by atoms with E-state index >= 15 is 0 Å². The van der Waals surface area contributed by atoms with Gasteiger partial charge in [0.1, 0.15) is 5.75 Å². The van der Waals surface area contributed by atoms with Crippen molar-refractivity contribution in [3.05, 3.63) is 93.1 Å². The minimum atomic E-state index is -4.65. The number of hydrogen-bond acceptors (Lipinski definition) is 3. The molecular weight excluding hydrogens is 510 g/mol. The summed E-state index contributed by atoms with van der Waals surface area (Å²) in [7, 11) is -2.83. The molecule has 0 saturated heterocycles. The van der Waals surface area contributed by atoms with Gasteiger partial charge in [-0.2, -0.15) is 13.2 Å². The number of alkyl halides is 3. The average molecular weight is 528 g/mol. The Morgan fingerprint density at radius 2 is 1.68 bits per heavy atom. The number of aryl methyl sites for hydroxylation is 1. The van der Waals surface area contributed by atoms with Gasteiger partial charge in [0.15, 0.2) is 0 Å². The fraction of sp³-hybridized carbons (Fsp3) is 0.167. The topological polar surface area (TPSA) is 48.3 Å². The number of methoxy groups -OCH3 is 1. The zero-order chi connectivity index (χ0) is 24.8. The maximum atomic E-state index is 13.7. The standard InChI is InChI=1S/C24H18Cl2F3NO3S/c1-14-10-15(24(27,28)29)11-21-18(14)12-16(13-19-20(25)8-9-22(33-2)23(19)26)30(21)34(31,32)17-6-4-3-5-7-17/h3-12H,13H2,1-2H3. The van der Waals surface area contributed by atoms with E-state index in [1.165, 1.54) is 26.2 Å². The Labute approximate surface area is 204 Å². The molecule has 4 rings (SSSR count). The normalized spacial score (nSPS) is 12.3. The average Bonchev–Trinajstić information content (AvgIpc) is 3.16. The molecule has 0 aliphatic heterocycles. The Balaban J connectivity index is 2.05. The molecule has 0 aliphatic carbocycles. The summed E-state index contributed by atoms with van der Waals surface area (Å²) >= 11 is 12.8. The van der Waals surface area contributed by atoms with Crippen LogP contribution in [0.3, 0.4) is 0 Å². The molecule has 0 saturated carbocycles. The molecule has 1 heterocycles. The van der Waals surface area contributed by atoms with E-state index in [1.807, 2.05) is 0 Å². The first-order valence-corrected chi connectivity index (χ1v) is 12.2. The molecule has 0 bridgehead atoms. The Bertz CT molecular complexity index is 1500. The van der Waals surface area contributed by atoms with Gasteiger partial charge in [-0.05, 0) is 60.5 Å². The molecule has 0 radical (unpaired) electrons. The number of fused-ring (bicyclic) bond motifs is 1. The van der Waals surface area contributed by atoms with E-state index in [-0.39, 0.29) is 38.1 Å². The van der Waals surface area contributed by atoms with E-state index in [2.05, 4.69) is 0 Å². The van der Waals surface area contributed by atoms with Crippen LogP contribution in [0.25, 0.3) is 10.9 Å². The van der Waals surface area contributed by atoms with Crippen molar-refractivity contribution in [3.63, 3.8) is 0 Å². The summed E-state index contributed by atoms with van der Waals surface area (Å²) in [5, 5.41) is 0.835. The maximum Gasteiger partial charge on any atom is 0.416 e. The first kappa shape index (κ1) is 24.4. The second-order valence-corrected chi connectivity index (χ2v) is 10.2. The highest BCUT2D eigenvalue weighted by atomic mass is 35.5. The molecule has 3 aromatic carbocycles. The van der Waals surface area contributed by atoms with Crippen molar-refractivity contribution in [2.45, 2.75) is 24.4 Å². The monoisotopic (exact) mass is 527 g/mol. The largest absolute Gasteiger partial charge is 0.495 e. The zero-order valence-corrected chi connectivity index (χ0v) is 20.3. The molecule has 0 atom stereocenters. The highest BCUT2D eigenvalue weighted by Crippen LogP contribution is 2.39. The Hall–Kier alpha value is -2.68. The second-order valence-electron chi connectivity index (χ2n) is 7.66. The number of nitrogens with zero attached hydrogens (tertiary/aromatic N) is 1. The summed E-state index contributed by atoms with van der Waals surface area (Å²) in [6, 6.07) is 14.0. The summed E-state index contributed by atoms with van der Waals surface area (Å²) < 4.78 is 74.3. The van der Waals surface area contributed by atoms with Crippen molar-refractivity contribution in [3.8, 4) is 5.75 Å². The van der Waals surface area contributed by atoms with Crippen molar-refractivity contribution < 1.29 is 26.3 Å². The molecule has 178 valence electrons. The quantitative estimate of drug-likeness (QED) is 0.277. The molecule has 0 N–H and O–H groups in total. The van der Waals surface area contributed by atoms with Crippen LogP contribution in [0.15, 0.2) is 65.6 Å². The van der Waals surface area contributed by atoms with E-state index < -0.39 is 21.8 Å². The fourth-order valence-electron chi connectivity index (χ4n) is 3.86. The van der Waals surface area contributed by atoms with Crippen LogP contribution in [-0.2, 0) is 22.6 Å². The number of ether oxygens (including phenoxy) is 1. The summed E-state index contributed by atoms with van der Waals surface area (Å²) in [4.78, 5) is -0.0633. The molecule has 34 heavy (non-hydrogen) atoms. The van der Waals surface area contributed by atoms with Gasteiger partial charge in [0.2, 0.25) is 0 Å². The van der Waals surface area contributed by atoms with E-state index in [9.17, 15) is 21.6 Å². The van der Waals surface area contributed by atoms with Gasteiger partial charge < -0.3 is 4.74 Å². The van der Waals surface area contributed by atoms with Crippen molar-refractivity contribution in [2.24, 2.45) is 0 Å². The lowest BCUT2D eigenvalue weighted by atomic mass is 10.1. The third-order valence-corrected chi connectivity index (χ3v) is 8.04. The SMILES string of the molecule is COc1ccc(Cl)c(Cc2cc3c(C)cc(C(F)(F)F)cc3n2S(=O)(=O)c2ccccc2)c1Cl. The van der Waals surface area contributed by atoms with Gasteiger partial charge in [-0.1, -0.05) is 41.4 Å². The number of rotatable bonds is 5. The first-order chi connectivity index (χ1) is 15.9. The lowest BCUT2D eigenvalue weighted by molar-refractivity contribution is -0.137. The predicted molar refractivity (Wildman–Crippen MR) is 127 cm³/mol. The maximum absolute atomic E-state index is 13.7. The molecule has 0 fully saturated rings. The highest BCUT2D eigenvalue weighted by molar-refractivity contribution is 7.90. The fourth-order valence-corrected chi connectivity index (χ4v) is 5.99. The lowest BCUT2D eigenvalue weighted by Crippen LogP contribution is -2.16. The van der Waals surface area contributed by atoms with Crippen molar-refractivity contribution in [1.82, 2.24) is 3.97 Å². The van der Waals surface area contributed by atoms with Crippen LogP contribution in [0.5, 0.6) is 5.75 Å². The molecule has 10 heteroatoms. The first-order valence-electron chi connectivity index (χ1n) is 9.99. The van der Waals surface area contributed by atoms with Crippen molar-refractivity contribution >= 4 is 44.1 Å². The van der Waals surface area contributed by atoms with E-state index in [4.69, 9.17) is 27.9 Å². The third-order valence-electron chi connectivity index (χ3n) is 5.49. The van der Waals surface area contributed by atoms with Gasteiger partial charge in [0.25, 0.3) is 10.0 Å². The smallest absolute Gasteiger partial charge is 0.416 e. The van der Waals surface area contributed by atoms with Gasteiger partial charge in [0.05, 0.1) is 28.1 Å². The number of halogens is 5. The van der Waals surface area contributed by atoms with Crippen LogP contribution in [0.4, 0.5) is 13.2 Å². The van der Waals surface area contributed by atoms with Gasteiger partial charge in [0, 0.05) is 22.5 Å². The van der Waals surface area contributed by atoms with Gasteiger partial charge in [-0.15, -0.1) is 0 Å². The summed E-state index contributed by atoms with van der Waals surface area (Å²) in [5.74, 6) is 0.338. The Morgan fingerprint density at radius 1 is 1.00 bits per heavy atom. The van der Waals surface area contributed by atoms with E-state index in [0.717, 1.165) is 16.1 Å². The molecule has 0 unspecified atom stereocenters. The van der Waals surface area contributed by atoms with Crippen LogP contribution in [0.2, 0.25) is 10.0 Å². The molecule has 1 aromatic heterocycles. The number of hydrogen-bond donors (Lipinski definition) is 0. The molecule has 4 nitrogen and oxygen atoms in total. The second kappa shape index (κ2) is 8.83. The van der Waals surface area contributed by atoms with Crippen LogP contribution in [-0.4, -0.2) is 19.5 Å². The van der Waals surface area contributed by atoms with Crippen molar-refractivity contribution in [1.29, 1.82) is 0 Å². The number of benzene rings is 3. The van der Waals surface area contributed by atoms with Crippen LogP contribution < -0.4 is 4.74 Å². The van der Waals surface area contributed by atoms with Gasteiger partial charge >= 0.3 is 6.18 Å². The molecule has 0 amide bonds. The minimum Gasteiger partial charge on any atom is -0.495 e. The van der Waals surface area contributed by atoms with Gasteiger partial charge in [-0.3, -0.25) is 0 Å². The van der Waals surface area contributed by atoms with Crippen LogP contribution in [0.1, 0.15) is 22.4 Å². The van der Waals surface area contributed by atoms with E-state index in [0.29, 0.717) is 16.7 Å². The van der Waals surface area contributed by atoms with Crippen LogP contribution in [0, 0.1) is 6.92 Å². The summed E-state index contributed by atoms with van der Waals surface area (Å²) in [6.45, 7) is 1.51. The molecule has 4 aromatic rings. The van der Waals surface area contributed by atoms with E-state index in [1.54, 1.807) is 36.4 Å². The zero-order valence-electron chi connectivity index (χ0n) is 18.0. The summed E-state index contributed by atoms with van der Waals surface area (Å²) in [6.07, 6.45) is -4.71. The summed E-state index contributed by atoms with van der Waals surface area (Å²) in [5.41, 5.74) is -0.136. The predicted octanol–water partition coefficient (Wildman–Crippen LogP) is 7.11. The Morgan fingerprint density at radius 3 is 2.29 bits per heavy atom. The molecule has 0 aliphatic rings. The minimum absolute atomic E-state index is 0.0591. The Kier molecular flexibility index (Phi) is 6.35. The lowest BCUT2D eigenvalue weighted by Gasteiger charge is -2.15. The molecule has 0 spiro atoms. The molecular formula is C24H18Cl2F3NO3S. The third kappa shape index (κ3) is 4.26.